The Labute approximate surface area is 215 Å². The van der Waals surface area contributed by atoms with Gasteiger partial charge in [-0.1, -0.05) is 24.4 Å². The number of nitrogens with zero attached hydrogens (tertiary/aromatic N) is 2. The third-order valence-corrected chi connectivity index (χ3v) is 7.04. The molecule has 1 saturated carbocycles. The van der Waals surface area contributed by atoms with Gasteiger partial charge in [-0.3, -0.25) is 14.4 Å². The monoisotopic (exact) mass is 504 g/mol. The molecule has 1 heterocycles. The fourth-order valence-electron chi connectivity index (χ4n) is 5.15. The van der Waals surface area contributed by atoms with Crippen LogP contribution in [0.3, 0.4) is 0 Å². The SMILES string of the molecule is CCn1c2ccc(C(=O)/C(CCC(=O)OC)=N\OC(C)=O)cc2c2cc(C(=O)C3CCCCC3)ccc21. The van der Waals surface area contributed by atoms with Gasteiger partial charge < -0.3 is 14.1 Å². The summed E-state index contributed by atoms with van der Waals surface area (Å²) in [6, 6.07) is 11.2. The molecular formula is C29H32N2O6. The van der Waals surface area contributed by atoms with Crippen LogP contribution in [-0.4, -0.2) is 40.9 Å². The van der Waals surface area contributed by atoms with Crippen LogP contribution in [0.5, 0.6) is 0 Å². The van der Waals surface area contributed by atoms with Crippen LogP contribution in [0, 0.1) is 5.92 Å². The maximum atomic E-state index is 13.4. The number of carbonyl (C=O) groups excluding carboxylic acids is 4. The Balaban J connectivity index is 1.75. The summed E-state index contributed by atoms with van der Waals surface area (Å²) in [6.07, 6.45) is 5.12. The molecule has 2 aromatic carbocycles. The predicted octanol–water partition coefficient (Wildman–Crippen LogP) is 5.63. The Morgan fingerprint density at radius 1 is 0.919 bits per heavy atom. The molecular weight excluding hydrogens is 472 g/mol. The topological polar surface area (TPSA) is 104 Å². The molecule has 0 saturated heterocycles. The summed E-state index contributed by atoms with van der Waals surface area (Å²) in [6.45, 7) is 3.96. The van der Waals surface area contributed by atoms with Crippen molar-refractivity contribution >= 4 is 51.0 Å². The molecule has 1 aliphatic carbocycles. The highest BCUT2D eigenvalue weighted by atomic mass is 16.7. The van der Waals surface area contributed by atoms with Crippen molar-refractivity contribution in [2.75, 3.05) is 7.11 Å². The van der Waals surface area contributed by atoms with Crippen molar-refractivity contribution < 1.29 is 28.8 Å². The number of esters is 1. The highest BCUT2D eigenvalue weighted by Gasteiger charge is 2.24. The number of methoxy groups -OCH3 is 1. The molecule has 0 unspecified atom stereocenters. The average molecular weight is 505 g/mol. The first-order chi connectivity index (χ1) is 17.8. The maximum Gasteiger partial charge on any atom is 0.331 e. The minimum absolute atomic E-state index is 0.0341. The van der Waals surface area contributed by atoms with E-state index in [1.807, 2.05) is 24.3 Å². The van der Waals surface area contributed by atoms with Gasteiger partial charge in [-0.15, -0.1) is 0 Å². The molecule has 0 bridgehead atoms. The predicted molar refractivity (Wildman–Crippen MR) is 141 cm³/mol. The summed E-state index contributed by atoms with van der Waals surface area (Å²) >= 11 is 0. The molecule has 37 heavy (non-hydrogen) atoms. The number of oxime groups is 1. The minimum Gasteiger partial charge on any atom is -0.469 e. The number of benzene rings is 2. The molecule has 0 atom stereocenters. The number of rotatable bonds is 9. The summed E-state index contributed by atoms with van der Waals surface area (Å²) in [5.74, 6) is -1.36. The summed E-state index contributed by atoms with van der Waals surface area (Å²) < 4.78 is 6.82. The fourth-order valence-corrected chi connectivity index (χ4v) is 5.15. The van der Waals surface area contributed by atoms with E-state index in [9.17, 15) is 19.2 Å². The molecule has 8 heteroatoms. The summed E-state index contributed by atoms with van der Waals surface area (Å²) in [5.41, 5.74) is 2.93. The lowest BCUT2D eigenvalue weighted by atomic mass is 9.83. The molecule has 1 fully saturated rings. The van der Waals surface area contributed by atoms with Crippen molar-refractivity contribution in [1.82, 2.24) is 4.57 Å². The summed E-state index contributed by atoms with van der Waals surface area (Å²) in [5, 5.41) is 5.47. The first-order valence-corrected chi connectivity index (χ1v) is 12.8. The molecule has 3 aromatic rings. The Kier molecular flexibility index (Phi) is 8.16. The van der Waals surface area contributed by atoms with Crippen molar-refractivity contribution in [2.45, 2.75) is 65.3 Å². The lowest BCUT2D eigenvalue weighted by Gasteiger charge is -2.20. The number of aryl methyl sites for hydroxylation is 1. The molecule has 194 valence electrons. The van der Waals surface area contributed by atoms with Crippen molar-refractivity contribution in [3.63, 3.8) is 0 Å². The van der Waals surface area contributed by atoms with Gasteiger partial charge >= 0.3 is 11.9 Å². The highest BCUT2D eigenvalue weighted by Crippen LogP contribution is 2.33. The average Bonchev–Trinajstić information content (AvgIpc) is 3.24. The lowest BCUT2D eigenvalue weighted by Crippen LogP contribution is -2.18. The van der Waals surface area contributed by atoms with Crippen molar-refractivity contribution in [2.24, 2.45) is 11.1 Å². The van der Waals surface area contributed by atoms with Crippen LogP contribution in [0.2, 0.25) is 0 Å². The standard InChI is InChI=1S/C29H32N2O6/c1-4-31-25-13-10-20(28(34)19-8-6-5-7-9-19)16-22(25)23-17-21(11-14-26(23)31)29(35)24(30-37-18(2)32)12-15-27(33)36-3/h10-11,13-14,16-17,19H,4-9,12,15H2,1-3H3/b30-24-. The molecule has 0 amide bonds. The zero-order valence-corrected chi connectivity index (χ0v) is 21.5. The first kappa shape index (κ1) is 26.3. The lowest BCUT2D eigenvalue weighted by molar-refractivity contribution is -0.141. The van der Waals surface area contributed by atoms with Crippen LogP contribution in [0.4, 0.5) is 0 Å². The molecule has 8 nitrogen and oxygen atoms in total. The summed E-state index contributed by atoms with van der Waals surface area (Å²) in [7, 11) is 1.26. The van der Waals surface area contributed by atoms with Crippen LogP contribution in [0.1, 0.15) is 79.5 Å². The van der Waals surface area contributed by atoms with Gasteiger partial charge in [0.15, 0.2) is 5.78 Å². The molecule has 0 aliphatic heterocycles. The zero-order chi connectivity index (χ0) is 26.5. The molecule has 4 rings (SSSR count). The molecule has 1 aliphatic rings. The second kappa shape index (κ2) is 11.5. The molecule has 1 aromatic heterocycles. The van der Waals surface area contributed by atoms with Gasteiger partial charge in [-0.25, -0.2) is 4.79 Å². The Bertz CT molecular complexity index is 1390. The third kappa shape index (κ3) is 5.63. The minimum atomic E-state index is -0.667. The Morgan fingerprint density at radius 3 is 2.14 bits per heavy atom. The quantitative estimate of drug-likeness (QED) is 0.123. The molecule has 0 N–H and O–H groups in total. The van der Waals surface area contributed by atoms with Crippen molar-refractivity contribution in [1.29, 1.82) is 0 Å². The van der Waals surface area contributed by atoms with E-state index in [4.69, 9.17) is 4.84 Å². The molecule has 0 spiro atoms. The normalized spacial score (nSPS) is 14.6. The van der Waals surface area contributed by atoms with Gasteiger partial charge in [0.25, 0.3) is 0 Å². The highest BCUT2D eigenvalue weighted by molar-refractivity contribution is 6.46. The number of hydrogen-bond acceptors (Lipinski definition) is 7. The van der Waals surface area contributed by atoms with Crippen LogP contribution < -0.4 is 0 Å². The summed E-state index contributed by atoms with van der Waals surface area (Å²) in [4.78, 5) is 54.3. The second-order valence-electron chi connectivity index (χ2n) is 9.43. The van der Waals surface area contributed by atoms with E-state index in [1.165, 1.54) is 20.5 Å². The van der Waals surface area contributed by atoms with E-state index in [-0.39, 0.29) is 30.3 Å². The van der Waals surface area contributed by atoms with Crippen LogP contribution in [-0.2, 0) is 25.7 Å². The maximum absolute atomic E-state index is 13.4. The van der Waals surface area contributed by atoms with E-state index < -0.39 is 17.7 Å². The fraction of sp³-hybridized carbons (Fsp3) is 0.414. The van der Waals surface area contributed by atoms with Gasteiger partial charge in [0.2, 0.25) is 5.78 Å². The van der Waals surface area contributed by atoms with Gasteiger partial charge in [-0.2, -0.15) is 0 Å². The van der Waals surface area contributed by atoms with Gasteiger partial charge in [0, 0.05) is 58.7 Å². The van der Waals surface area contributed by atoms with Crippen molar-refractivity contribution in [3.8, 4) is 0 Å². The Morgan fingerprint density at radius 2 is 1.54 bits per heavy atom. The molecule has 0 radical (unpaired) electrons. The smallest absolute Gasteiger partial charge is 0.331 e. The number of ketones is 2. The van der Waals surface area contributed by atoms with Crippen LogP contribution >= 0.6 is 0 Å². The number of fused-ring (bicyclic) bond motifs is 3. The number of hydrogen-bond donors (Lipinski definition) is 0. The third-order valence-electron chi connectivity index (χ3n) is 7.04. The van der Waals surface area contributed by atoms with E-state index in [0.29, 0.717) is 11.1 Å². The van der Waals surface area contributed by atoms with E-state index in [1.54, 1.807) is 12.1 Å². The number of aromatic nitrogens is 1. The second-order valence-corrected chi connectivity index (χ2v) is 9.43. The van der Waals surface area contributed by atoms with Crippen LogP contribution in [0.25, 0.3) is 21.8 Å². The Hall–Kier alpha value is -3.81. The van der Waals surface area contributed by atoms with Gasteiger partial charge in [0.1, 0.15) is 5.71 Å². The van der Waals surface area contributed by atoms with E-state index in [2.05, 4.69) is 21.4 Å². The zero-order valence-electron chi connectivity index (χ0n) is 21.5. The number of ether oxygens (including phenoxy) is 1. The first-order valence-electron chi connectivity index (χ1n) is 12.8. The number of carbonyl (C=O) groups is 4. The van der Waals surface area contributed by atoms with Crippen molar-refractivity contribution in [3.05, 3.63) is 47.5 Å². The van der Waals surface area contributed by atoms with Gasteiger partial charge in [0.05, 0.1) is 13.5 Å². The van der Waals surface area contributed by atoms with Gasteiger partial charge in [-0.05, 0) is 56.2 Å². The van der Waals surface area contributed by atoms with E-state index in [0.717, 1.165) is 54.0 Å². The van der Waals surface area contributed by atoms with Crippen LogP contribution in [0.15, 0.2) is 41.6 Å². The van der Waals surface area contributed by atoms with E-state index >= 15 is 0 Å². The largest absolute Gasteiger partial charge is 0.469 e. The number of Topliss-reactive ketones (excluding diaryl/α,β-unsaturated/α-hetero) is 2.